The zero-order valence-corrected chi connectivity index (χ0v) is 11.2. The Morgan fingerprint density at radius 1 is 1.40 bits per heavy atom. The molecule has 2 aromatic rings. The molecule has 1 atom stereocenters. The Morgan fingerprint density at radius 2 is 2.15 bits per heavy atom. The minimum atomic E-state index is -0.392. The average molecular weight is 272 g/mol. The first-order valence-corrected chi connectivity index (χ1v) is 6.59. The fourth-order valence-electron chi connectivity index (χ4n) is 2.14. The van der Waals surface area contributed by atoms with Gasteiger partial charge in [0.1, 0.15) is 6.10 Å². The summed E-state index contributed by atoms with van der Waals surface area (Å²) in [5, 5.41) is 10.7. The first-order chi connectivity index (χ1) is 9.78. The fraction of sp³-hybridized carbons (Fsp3) is 0.357. The number of rotatable bonds is 5. The van der Waals surface area contributed by atoms with Gasteiger partial charge < -0.3 is 10.1 Å². The van der Waals surface area contributed by atoms with E-state index >= 15 is 0 Å². The number of carbonyl (C=O) groups excluding carboxylic acids is 1. The molecular weight excluding hydrogens is 256 g/mol. The van der Waals surface area contributed by atoms with Crippen molar-refractivity contribution in [2.24, 2.45) is 5.92 Å². The van der Waals surface area contributed by atoms with E-state index in [1.807, 2.05) is 30.3 Å². The Hall–Kier alpha value is -2.21. The van der Waals surface area contributed by atoms with Crippen molar-refractivity contribution in [1.29, 1.82) is 0 Å². The van der Waals surface area contributed by atoms with Crippen LogP contribution in [-0.2, 0) is 9.53 Å². The molecule has 1 aliphatic carbocycles. The van der Waals surface area contributed by atoms with E-state index in [-0.39, 0.29) is 5.91 Å². The normalized spacial score (nSPS) is 15.8. The van der Waals surface area contributed by atoms with Crippen LogP contribution in [0.4, 0.5) is 5.82 Å². The molecule has 0 bridgehead atoms. The number of hydrogen-bond donors (Lipinski definition) is 1. The summed E-state index contributed by atoms with van der Waals surface area (Å²) in [5.74, 6) is 0.612. The summed E-state index contributed by atoms with van der Waals surface area (Å²) in [6.07, 6.45) is 3.38. The third kappa shape index (κ3) is 2.70. The predicted molar refractivity (Wildman–Crippen MR) is 73.5 cm³/mol. The van der Waals surface area contributed by atoms with Crippen LogP contribution in [0.2, 0.25) is 0 Å². The molecule has 0 aliphatic heterocycles. The van der Waals surface area contributed by atoms with E-state index in [0.29, 0.717) is 11.7 Å². The Balaban J connectivity index is 1.69. The highest BCUT2D eigenvalue weighted by Crippen LogP contribution is 2.34. The van der Waals surface area contributed by atoms with E-state index in [4.69, 9.17) is 4.74 Å². The van der Waals surface area contributed by atoms with Gasteiger partial charge in [-0.05, 0) is 30.9 Å². The second-order valence-electron chi connectivity index (χ2n) is 4.87. The Labute approximate surface area is 116 Å². The lowest BCUT2D eigenvalue weighted by Crippen LogP contribution is -2.31. The van der Waals surface area contributed by atoms with Crippen molar-refractivity contribution in [2.75, 3.05) is 12.4 Å². The molecule has 104 valence electrons. The van der Waals surface area contributed by atoms with Crippen molar-refractivity contribution >= 4 is 11.7 Å². The van der Waals surface area contributed by atoms with Gasteiger partial charge in [0.15, 0.2) is 5.82 Å². The van der Waals surface area contributed by atoms with Crippen LogP contribution in [0.5, 0.6) is 0 Å². The van der Waals surface area contributed by atoms with Gasteiger partial charge in [0.05, 0.1) is 11.9 Å². The molecule has 1 fully saturated rings. The Bertz CT molecular complexity index is 592. The number of nitrogens with one attached hydrogen (secondary N) is 1. The van der Waals surface area contributed by atoms with Crippen molar-refractivity contribution in [3.8, 4) is 5.69 Å². The van der Waals surface area contributed by atoms with Gasteiger partial charge in [-0.25, -0.2) is 4.68 Å². The summed E-state index contributed by atoms with van der Waals surface area (Å²) >= 11 is 0. The van der Waals surface area contributed by atoms with Crippen LogP contribution in [0.25, 0.3) is 5.69 Å². The molecule has 1 N–H and O–H groups in total. The monoisotopic (exact) mass is 272 g/mol. The zero-order chi connectivity index (χ0) is 13.9. The summed E-state index contributed by atoms with van der Waals surface area (Å²) in [6.45, 7) is 0. The molecule has 1 aliphatic rings. The smallest absolute Gasteiger partial charge is 0.255 e. The molecule has 3 rings (SSSR count). The van der Waals surface area contributed by atoms with Crippen LogP contribution in [0.1, 0.15) is 12.8 Å². The number of benzene rings is 1. The molecular formula is C14H16N4O2. The molecule has 1 heterocycles. The predicted octanol–water partition coefficient (Wildman–Crippen LogP) is 1.63. The van der Waals surface area contributed by atoms with E-state index in [9.17, 15) is 4.79 Å². The summed E-state index contributed by atoms with van der Waals surface area (Å²) < 4.78 is 6.85. The second kappa shape index (κ2) is 5.42. The third-order valence-electron chi connectivity index (χ3n) is 3.33. The Morgan fingerprint density at radius 3 is 2.80 bits per heavy atom. The van der Waals surface area contributed by atoms with Crippen LogP contribution in [-0.4, -0.2) is 34.1 Å². The van der Waals surface area contributed by atoms with Crippen molar-refractivity contribution in [3.63, 3.8) is 0 Å². The fourth-order valence-corrected chi connectivity index (χ4v) is 2.14. The highest BCUT2D eigenvalue weighted by Gasteiger charge is 2.36. The standard InChI is InChI=1S/C14H16N4O2/c1-20-13(10-7-8-10)14(19)15-12-9-18(17-16-12)11-5-3-2-4-6-11/h2-6,9-10,13H,7-8H2,1H3,(H,15,19). The number of para-hydroxylation sites is 1. The molecule has 0 saturated heterocycles. The van der Waals surface area contributed by atoms with Gasteiger partial charge in [0.25, 0.3) is 5.91 Å². The topological polar surface area (TPSA) is 69.0 Å². The largest absolute Gasteiger partial charge is 0.371 e. The van der Waals surface area contributed by atoms with Gasteiger partial charge in [-0.2, -0.15) is 0 Å². The van der Waals surface area contributed by atoms with Crippen LogP contribution >= 0.6 is 0 Å². The number of carbonyl (C=O) groups is 1. The maximum absolute atomic E-state index is 12.1. The summed E-state index contributed by atoms with van der Waals surface area (Å²) in [7, 11) is 1.56. The molecule has 6 nitrogen and oxygen atoms in total. The van der Waals surface area contributed by atoms with E-state index in [1.54, 1.807) is 18.0 Å². The number of ether oxygens (including phenoxy) is 1. The number of aromatic nitrogens is 3. The molecule has 1 unspecified atom stereocenters. The molecule has 20 heavy (non-hydrogen) atoms. The number of anilines is 1. The van der Waals surface area contributed by atoms with Crippen LogP contribution in [0, 0.1) is 5.92 Å². The molecule has 0 radical (unpaired) electrons. The molecule has 1 aromatic carbocycles. The minimum Gasteiger partial charge on any atom is -0.371 e. The van der Waals surface area contributed by atoms with Crippen LogP contribution in [0.15, 0.2) is 36.5 Å². The summed E-state index contributed by atoms with van der Waals surface area (Å²) in [4.78, 5) is 12.1. The van der Waals surface area contributed by atoms with Crippen LogP contribution in [0.3, 0.4) is 0 Å². The first kappa shape index (κ1) is 12.8. The van der Waals surface area contributed by atoms with Gasteiger partial charge in [0, 0.05) is 7.11 Å². The lowest BCUT2D eigenvalue weighted by molar-refractivity contribution is -0.126. The lowest BCUT2D eigenvalue weighted by Gasteiger charge is -2.12. The van der Waals surface area contributed by atoms with Crippen molar-refractivity contribution in [1.82, 2.24) is 15.0 Å². The van der Waals surface area contributed by atoms with Crippen LogP contribution < -0.4 is 5.32 Å². The van der Waals surface area contributed by atoms with Crippen molar-refractivity contribution < 1.29 is 9.53 Å². The third-order valence-corrected chi connectivity index (χ3v) is 3.33. The molecule has 0 spiro atoms. The van der Waals surface area contributed by atoms with Crippen molar-refractivity contribution in [2.45, 2.75) is 18.9 Å². The number of hydrogen-bond acceptors (Lipinski definition) is 4. The van der Waals surface area contributed by atoms with Gasteiger partial charge in [-0.3, -0.25) is 4.79 Å². The minimum absolute atomic E-state index is 0.157. The Kier molecular flexibility index (Phi) is 3.47. The maximum Gasteiger partial charge on any atom is 0.255 e. The summed E-state index contributed by atoms with van der Waals surface area (Å²) in [6, 6.07) is 9.61. The molecule has 1 saturated carbocycles. The first-order valence-electron chi connectivity index (χ1n) is 6.59. The zero-order valence-electron chi connectivity index (χ0n) is 11.2. The maximum atomic E-state index is 12.1. The molecule has 6 heteroatoms. The number of methoxy groups -OCH3 is 1. The highest BCUT2D eigenvalue weighted by atomic mass is 16.5. The van der Waals surface area contributed by atoms with Gasteiger partial charge in [0.2, 0.25) is 0 Å². The summed E-state index contributed by atoms with van der Waals surface area (Å²) in [5.41, 5.74) is 0.894. The van der Waals surface area contributed by atoms with E-state index in [0.717, 1.165) is 18.5 Å². The quantitative estimate of drug-likeness (QED) is 0.898. The number of amides is 1. The van der Waals surface area contributed by atoms with E-state index in [2.05, 4.69) is 15.6 Å². The van der Waals surface area contributed by atoms with E-state index in [1.165, 1.54) is 0 Å². The second-order valence-corrected chi connectivity index (χ2v) is 4.87. The van der Waals surface area contributed by atoms with Gasteiger partial charge >= 0.3 is 0 Å². The SMILES string of the molecule is COC(C(=O)Nc1cn(-c2ccccc2)nn1)C1CC1. The molecule has 1 amide bonds. The van der Waals surface area contributed by atoms with Crippen molar-refractivity contribution in [3.05, 3.63) is 36.5 Å². The number of nitrogens with zero attached hydrogens (tertiary/aromatic N) is 3. The molecule has 1 aromatic heterocycles. The van der Waals surface area contributed by atoms with E-state index < -0.39 is 6.10 Å². The average Bonchev–Trinajstić information content (AvgIpc) is 3.19. The lowest BCUT2D eigenvalue weighted by atomic mass is 10.2. The highest BCUT2D eigenvalue weighted by molar-refractivity contribution is 5.93. The van der Waals surface area contributed by atoms with Gasteiger partial charge in [-0.15, -0.1) is 5.10 Å². The van der Waals surface area contributed by atoms with Gasteiger partial charge in [-0.1, -0.05) is 23.4 Å².